The van der Waals surface area contributed by atoms with E-state index in [0.29, 0.717) is 34.7 Å². The molecule has 0 atom stereocenters. The van der Waals surface area contributed by atoms with Crippen molar-refractivity contribution in [1.29, 1.82) is 0 Å². The second-order valence-corrected chi connectivity index (χ2v) is 6.92. The van der Waals surface area contributed by atoms with Crippen molar-refractivity contribution in [3.8, 4) is 11.5 Å². The number of ether oxygens (including phenoxy) is 3. The average molecular weight is 499 g/mol. The van der Waals surface area contributed by atoms with E-state index in [9.17, 15) is 24.1 Å². The van der Waals surface area contributed by atoms with Crippen LogP contribution in [0, 0.1) is 15.9 Å². The fourth-order valence-corrected chi connectivity index (χ4v) is 2.99. The van der Waals surface area contributed by atoms with Crippen LogP contribution < -0.4 is 14.8 Å². The van der Waals surface area contributed by atoms with Gasteiger partial charge in [-0.15, -0.1) is 0 Å². The first kappa shape index (κ1) is 24.1. The number of nitro groups is 1. The molecule has 1 N–H and O–H groups in total. The highest BCUT2D eigenvalue weighted by Crippen LogP contribution is 2.34. The van der Waals surface area contributed by atoms with E-state index >= 15 is 0 Å². The summed E-state index contributed by atoms with van der Waals surface area (Å²) in [7, 11) is 0. The highest BCUT2D eigenvalue weighted by Gasteiger charge is 2.17. The maximum Gasteiger partial charge on any atom is 0.310 e. The van der Waals surface area contributed by atoms with E-state index in [2.05, 4.69) is 21.2 Å². The molecule has 0 aliphatic rings. The van der Waals surface area contributed by atoms with Crippen molar-refractivity contribution in [2.24, 2.45) is 0 Å². The van der Waals surface area contributed by atoms with Crippen LogP contribution >= 0.6 is 15.9 Å². The topological polar surface area (TPSA) is 117 Å². The molecule has 0 heterocycles. The number of carbonyl (C=O) groups excluding carboxylic acids is 2. The number of amides is 1. The summed E-state index contributed by atoms with van der Waals surface area (Å²) in [6.45, 7) is 3.90. The van der Waals surface area contributed by atoms with Crippen molar-refractivity contribution in [3.63, 3.8) is 0 Å². The quantitative estimate of drug-likeness (QED) is 0.298. The molecule has 31 heavy (non-hydrogen) atoms. The van der Waals surface area contributed by atoms with Crippen molar-refractivity contribution in [3.05, 3.63) is 56.3 Å². The fraction of sp³-hybridized carbons (Fsp3) is 0.300. The molecule has 0 radical (unpaired) electrons. The van der Waals surface area contributed by atoms with Gasteiger partial charge < -0.3 is 19.5 Å². The Balaban J connectivity index is 1.97. The lowest BCUT2D eigenvalue weighted by Gasteiger charge is -2.14. The summed E-state index contributed by atoms with van der Waals surface area (Å²) in [6, 6.07) is 6.23. The predicted molar refractivity (Wildman–Crippen MR) is 113 cm³/mol. The van der Waals surface area contributed by atoms with Gasteiger partial charge in [-0.05, 0) is 43.7 Å². The third-order valence-electron chi connectivity index (χ3n) is 3.84. The summed E-state index contributed by atoms with van der Waals surface area (Å²) < 4.78 is 30.0. The van der Waals surface area contributed by atoms with Crippen LogP contribution in [0.3, 0.4) is 0 Å². The third-order valence-corrected chi connectivity index (χ3v) is 4.58. The molecular formula is C20H20BrFN2O7. The van der Waals surface area contributed by atoms with E-state index < -0.39 is 34.9 Å². The normalized spacial score (nSPS) is 10.3. The minimum absolute atomic E-state index is 0.00441. The van der Waals surface area contributed by atoms with Crippen LogP contribution in [0.1, 0.15) is 19.4 Å². The molecule has 1 amide bonds. The Morgan fingerprint density at radius 2 is 1.77 bits per heavy atom. The highest BCUT2D eigenvalue weighted by atomic mass is 79.9. The Hall–Kier alpha value is -3.21. The molecule has 0 bridgehead atoms. The first-order valence-electron chi connectivity index (χ1n) is 9.22. The first-order chi connectivity index (χ1) is 14.7. The Labute approximate surface area is 185 Å². The van der Waals surface area contributed by atoms with Crippen LogP contribution in [0.15, 0.2) is 34.8 Å². The van der Waals surface area contributed by atoms with Crippen LogP contribution in [0.4, 0.5) is 15.8 Å². The number of nitrogens with zero attached hydrogens (tertiary/aromatic N) is 1. The number of hydrogen-bond acceptors (Lipinski definition) is 7. The lowest BCUT2D eigenvalue weighted by molar-refractivity contribution is -0.387. The Morgan fingerprint density at radius 3 is 2.39 bits per heavy atom. The zero-order valence-corrected chi connectivity index (χ0v) is 18.4. The number of esters is 1. The Morgan fingerprint density at radius 1 is 1.13 bits per heavy atom. The van der Waals surface area contributed by atoms with Gasteiger partial charge in [-0.2, -0.15) is 4.39 Å². The van der Waals surface area contributed by atoms with Gasteiger partial charge in [0.2, 0.25) is 5.82 Å². The van der Waals surface area contributed by atoms with Crippen molar-refractivity contribution >= 4 is 39.2 Å². The maximum atomic E-state index is 13.4. The largest absolute Gasteiger partial charge is 0.490 e. The van der Waals surface area contributed by atoms with Gasteiger partial charge in [0.05, 0.1) is 24.6 Å². The summed E-state index contributed by atoms with van der Waals surface area (Å²) in [4.78, 5) is 34.0. The minimum Gasteiger partial charge on any atom is -0.490 e. The molecule has 0 saturated carbocycles. The lowest BCUT2D eigenvalue weighted by Crippen LogP contribution is -2.21. The van der Waals surface area contributed by atoms with Crippen molar-refractivity contribution in [2.75, 3.05) is 25.1 Å². The molecule has 0 aromatic heterocycles. The number of rotatable bonds is 10. The molecule has 0 aliphatic carbocycles. The lowest BCUT2D eigenvalue weighted by atomic mass is 10.1. The van der Waals surface area contributed by atoms with Crippen LogP contribution in [-0.2, 0) is 20.7 Å². The number of carbonyl (C=O) groups is 2. The molecule has 9 nitrogen and oxygen atoms in total. The van der Waals surface area contributed by atoms with Crippen LogP contribution in [-0.4, -0.2) is 36.6 Å². The standard InChI is InChI=1S/C20H20BrFN2O7/c1-3-29-17-7-12(14(21)10-18(17)30-4-2)8-20(26)31-11-19(25)23-13-5-6-15(22)16(9-13)24(27)28/h5-7,9-10H,3-4,8,11H2,1-2H3,(H,23,25). The summed E-state index contributed by atoms with van der Waals surface area (Å²) >= 11 is 3.37. The van der Waals surface area contributed by atoms with E-state index in [1.54, 1.807) is 12.1 Å². The van der Waals surface area contributed by atoms with Gasteiger partial charge in [0.1, 0.15) is 0 Å². The van der Waals surface area contributed by atoms with Gasteiger partial charge in [-0.25, -0.2) is 0 Å². The molecule has 0 aliphatic heterocycles. The number of nitrogens with one attached hydrogen (secondary N) is 1. The third kappa shape index (κ3) is 6.92. The van der Waals surface area contributed by atoms with Gasteiger partial charge in [-0.1, -0.05) is 15.9 Å². The Kier molecular flexibility index (Phi) is 8.74. The van der Waals surface area contributed by atoms with Crippen molar-refractivity contribution in [1.82, 2.24) is 0 Å². The number of benzene rings is 2. The van der Waals surface area contributed by atoms with Gasteiger partial charge in [0, 0.05) is 16.2 Å². The van der Waals surface area contributed by atoms with Crippen LogP contribution in [0.5, 0.6) is 11.5 Å². The van der Waals surface area contributed by atoms with Gasteiger partial charge in [0.25, 0.3) is 5.91 Å². The number of halogens is 2. The molecule has 0 spiro atoms. The zero-order chi connectivity index (χ0) is 23.0. The fourth-order valence-electron chi connectivity index (χ4n) is 2.53. The molecule has 2 aromatic carbocycles. The van der Waals surface area contributed by atoms with Gasteiger partial charge >= 0.3 is 11.7 Å². The summed E-state index contributed by atoms with van der Waals surface area (Å²) in [5.74, 6) is -1.42. The van der Waals surface area contributed by atoms with Gasteiger partial charge in [0.15, 0.2) is 18.1 Å². The summed E-state index contributed by atoms with van der Waals surface area (Å²) in [6.07, 6.45) is -0.137. The van der Waals surface area contributed by atoms with E-state index in [1.165, 1.54) is 0 Å². The van der Waals surface area contributed by atoms with Gasteiger partial charge in [-0.3, -0.25) is 19.7 Å². The smallest absolute Gasteiger partial charge is 0.310 e. The molecule has 11 heteroatoms. The van der Waals surface area contributed by atoms with E-state index in [1.807, 2.05) is 13.8 Å². The number of nitro benzene ring substituents is 1. The number of hydrogen-bond donors (Lipinski definition) is 1. The minimum atomic E-state index is -1.03. The molecular weight excluding hydrogens is 479 g/mol. The SMILES string of the molecule is CCOc1cc(Br)c(CC(=O)OCC(=O)Nc2ccc(F)c([N+](=O)[O-])c2)cc1OCC. The maximum absolute atomic E-state index is 13.4. The molecule has 166 valence electrons. The average Bonchev–Trinajstić information content (AvgIpc) is 2.71. The molecule has 0 saturated heterocycles. The monoisotopic (exact) mass is 498 g/mol. The molecule has 2 aromatic rings. The summed E-state index contributed by atoms with van der Waals surface area (Å²) in [5, 5.41) is 13.1. The Bertz CT molecular complexity index is 984. The van der Waals surface area contributed by atoms with Crippen molar-refractivity contribution in [2.45, 2.75) is 20.3 Å². The van der Waals surface area contributed by atoms with E-state index in [-0.39, 0.29) is 12.1 Å². The van der Waals surface area contributed by atoms with Crippen molar-refractivity contribution < 1.29 is 33.1 Å². The number of anilines is 1. The second kappa shape index (κ2) is 11.3. The van der Waals surface area contributed by atoms with E-state index in [4.69, 9.17) is 14.2 Å². The van der Waals surface area contributed by atoms with Crippen LogP contribution in [0.25, 0.3) is 0 Å². The summed E-state index contributed by atoms with van der Waals surface area (Å²) in [5.41, 5.74) is -0.198. The highest BCUT2D eigenvalue weighted by molar-refractivity contribution is 9.10. The second-order valence-electron chi connectivity index (χ2n) is 6.07. The van der Waals surface area contributed by atoms with Crippen LogP contribution in [0.2, 0.25) is 0 Å². The zero-order valence-electron chi connectivity index (χ0n) is 16.8. The first-order valence-corrected chi connectivity index (χ1v) is 10.0. The predicted octanol–water partition coefficient (Wildman–Crippen LogP) is 4.02. The molecule has 2 rings (SSSR count). The molecule has 0 fully saturated rings. The molecule has 0 unspecified atom stereocenters. The van der Waals surface area contributed by atoms with E-state index in [0.717, 1.165) is 18.2 Å².